The molecule has 0 bridgehead atoms. The maximum Gasteiger partial charge on any atom is 0.240 e. The summed E-state index contributed by atoms with van der Waals surface area (Å²) in [6.07, 6.45) is 1.31. The molecule has 0 saturated heterocycles. The Hall–Kier alpha value is -1.21. The minimum Gasteiger partial charge on any atom is -0.392 e. The minimum absolute atomic E-state index is 0.165. The van der Waals surface area contributed by atoms with Crippen LogP contribution in [0, 0.1) is 0 Å². The van der Waals surface area contributed by atoms with Gasteiger partial charge >= 0.3 is 0 Å². The first-order valence-corrected chi connectivity index (χ1v) is 9.18. The van der Waals surface area contributed by atoms with Crippen molar-refractivity contribution < 1.29 is 13.5 Å². The molecule has 1 aromatic carbocycles. The molecule has 0 spiro atoms. The maximum absolute atomic E-state index is 12.4. The molecule has 2 aromatic rings. The molecular weight excluding hydrogens is 306 g/mol. The van der Waals surface area contributed by atoms with Crippen LogP contribution in [0.25, 0.3) is 0 Å². The van der Waals surface area contributed by atoms with Crippen molar-refractivity contribution in [3.63, 3.8) is 0 Å². The Morgan fingerprint density at radius 3 is 2.71 bits per heavy atom. The fourth-order valence-electron chi connectivity index (χ4n) is 2.08. The summed E-state index contributed by atoms with van der Waals surface area (Å²) in [5, 5.41) is 11.2. The first kappa shape index (κ1) is 16.2. The van der Waals surface area contributed by atoms with Gasteiger partial charge in [0.25, 0.3) is 0 Å². The normalized spacial score (nSPS) is 11.7. The Balaban J connectivity index is 2.14. The van der Waals surface area contributed by atoms with Crippen LogP contribution in [-0.2, 0) is 29.5 Å². The summed E-state index contributed by atoms with van der Waals surface area (Å²) in [5.74, 6) is 0. The number of aliphatic hydroxyl groups is 1. The Morgan fingerprint density at radius 1 is 1.29 bits per heavy atom. The van der Waals surface area contributed by atoms with E-state index in [1.165, 1.54) is 0 Å². The average Bonchev–Trinajstić information content (AvgIpc) is 2.99. The summed E-state index contributed by atoms with van der Waals surface area (Å²) >= 11 is 1.62. The number of thiophene rings is 1. The van der Waals surface area contributed by atoms with Crippen molar-refractivity contribution >= 4 is 21.4 Å². The van der Waals surface area contributed by atoms with Crippen LogP contribution in [-0.4, -0.2) is 20.1 Å². The highest BCUT2D eigenvalue weighted by molar-refractivity contribution is 7.89. The van der Waals surface area contributed by atoms with Crippen LogP contribution in [0.1, 0.15) is 22.9 Å². The standard InChI is InChI=1S/C15H19NO3S2/c1-2-13-6-5-12(11-17)10-15(13)21(18,19)16-8-7-14-4-3-9-20-14/h3-6,9-10,16-17H,2,7-8,11H2,1H3. The summed E-state index contributed by atoms with van der Waals surface area (Å²) in [4.78, 5) is 1.42. The molecule has 21 heavy (non-hydrogen) atoms. The predicted octanol–water partition coefficient (Wildman–Crippen LogP) is 2.32. The number of rotatable bonds is 7. The van der Waals surface area contributed by atoms with Gasteiger partial charge in [-0.1, -0.05) is 25.1 Å². The molecule has 0 radical (unpaired) electrons. The molecule has 1 aromatic heterocycles. The highest BCUT2D eigenvalue weighted by atomic mass is 32.2. The van der Waals surface area contributed by atoms with E-state index in [-0.39, 0.29) is 11.5 Å². The smallest absolute Gasteiger partial charge is 0.240 e. The number of sulfonamides is 1. The Labute approximate surface area is 129 Å². The van der Waals surface area contributed by atoms with Crippen LogP contribution >= 0.6 is 11.3 Å². The van der Waals surface area contributed by atoms with Gasteiger partial charge in [0, 0.05) is 11.4 Å². The third-order valence-corrected chi connectivity index (χ3v) is 5.71. The molecule has 4 nitrogen and oxygen atoms in total. The lowest BCUT2D eigenvalue weighted by atomic mass is 10.1. The highest BCUT2D eigenvalue weighted by Gasteiger charge is 2.18. The van der Waals surface area contributed by atoms with Crippen molar-refractivity contribution in [2.45, 2.75) is 31.3 Å². The number of hydrogen-bond acceptors (Lipinski definition) is 4. The average molecular weight is 325 g/mol. The second-order valence-electron chi connectivity index (χ2n) is 4.68. The van der Waals surface area contributed by atoms with E-state index in [4.69, 9.17) is 0 Å². The molecule has 0 aliphatic carbocycles. The molecule has 0 unspecified atom stereocenters. The van der Waals surface area contributed by atoms with Gasteiger partial charge in [-0.25, -0.2) is 13.1 Å². The third-order valence-electron chi connectivity index (χ3n) is 3.23. The molecule has 0 fully saturated rings. The zero-order valence-electron chi connectivity index (χ0n) is 11.9. The maximum atomic E-state index is 12.4. The van der Waals surface area contributed by atoms with Gasteiger partial charge in [-0.2, -0.15) is 0 Å². The fraction of sp³-hybridized carbons (Fsp3) is 0.333. The predicted molar refractivity (Wildman–Crippen MR) is 85.0 cm³/mol. The van der Waals surface area contributed by atoms with Gasteiger partial charge in [0.2, 0.25) is 10.0 Å². The minimum atomic E-state index is -3.55. The van der Waals surface area contributed by atoms with Gasteiger partial charge < -0.3 is 5.11 Å². The lowest BCUT2D eigenvalue weighted by molar-refractivity contribution is 0.281. The van der Waals surface area contributed by atoms with E-state index in [9.17, 15) is 13.5 Å². The fourth-order valence-corrected chi connectivity index (χ4v) is 4.18. The highest BCUT2D eigenvalue weighted by Crippen LogP contribution is 2.19. The SMILES string of the molecule is CCc1ccc(CO)cc1S(=O)(=O)NCCc1cccs1. The molecule has 0 amide bonds. The van der Waals surface area contributed by atoms with Crippen LogP contribution in [0.4, 0.5) is 0 Å². The van der Waals surface area contributed by atoms with Crippen molar-refractivity contribution in [3.8, 4) is 0 Å². The summed E-state index contributed by atoms with van der Waals surface area (Å²) < 4.78 is 27.5. The molecular formula is C15H19NO3S2. The number of hydrogen-bond donors (Lipinski definition) is 2. The summed E-state index contributed by atoms with van der Waals surface area (Å²) in [5.41, 5.74) is 1.36. The van der Waals surface area contributed by atoms with Crippen molar-refractivity contribution in [2.75, 3.05) is 6.54 Å². The molecule has 114 valence electrons. The molecule has 6 heteroatoms. The number of nitrogens with one attached hydrogen (secondary N) is 1. The van der Waals surface area contributed by atoms with Gasteiger partial charge in [0.15, 0.2) is 0 Å². The number of aliphatic hydroxyl groups excluding tert-OH is 1. The second kappa shape index (κ2) is 7.17. The Morgan fingerprint density at radius 2 is 2.10 bits per heavy atom. The number of benzene rings is 1. The quantitative estimate of drug-likeness (QED) is 0.821. The van der Waals surface area contributed by atoms with E-state index in [1.807, 2.05) is 24.4 Å². The van der Waals surface area contributed by atoms with Crippen molar-refractivity contribution in [1.29, 1.82) is 0 Å². The van der Waals surface area contributed by atoms with Gasteiger partial charge in [-0.3, -0.25) is 0 Å². The second-order valence-corrected chi connectivity index (χ2v) is 7.45. The van der Waals surface area contributed by atoms with Crippen LogP contribution < -0.4 is 4.72 Å². The third kappa shape index (κ3) is 4.14. The molecule has 0 aliphatic rings. The van der Waals surface area contributed by atoms with Crippen molar-refractivity contribution in [1.82, 2.24) is 4.72 Å². The van der Waals surface area contributed by atoms with E-state index < -0.39 is 10.0 Å². The molecule has 2 N–H and O–H groups in total. The van der Waals surface area contributed by atoms with E-state index in [2.05, 4.69) is 4.72 Å². The molecule has 2 rings (SSSR count). The lowest BCUT2D eigenvalue weighted by Gasteiger charge is -2.11. The summed E-state index contributed by atoms with van der Waals surface area (Å²) in [6.45, 7) is 2.12. The van der Waals surface area contributed by atoms with Crippen LogP contribution in [0.2, 0.25) is 0 Å². The van der Waals surface area contributed by atoms with Gasteiger partial charge in [0.05, 0.1) is 11.5 Å². The Bertz CT molecular complexity index is 679. The molecule has 0 atom stereocenters. The van der Waals surface area contributed by atoms with Crippen molar-refractivity contribution in [3.05, 3.63) is 51.7 Å². The van der Waals surface area contributed by atoms with E-state index in [1.54, 1.807) is 29.5 Å². The summed E-state index contributed by atoms with van der Waals surface area (Å²) in [6, 6.07) is 9.01. The lowest BCUT2D eigenvalue weighted by Crippen LogP contribution is -2.27. The van der Waals surface area contributed by atoms with E-state index in [0.29, 0.717) is 24.9 Å². The topological polar surface area (TPSA) is 66.4 Å². The first-order valence-electron chi connectivity index (χ1n) is 6.81. The monoisotopic (exact) mass is 325 g/mol. The van der Waals surface area contributed by atoms with Gasteiger partial charge in [-0.15, -0.1) is 11.3 Å². The molecule has 0 aliphatic heterocycles. The summed E-state index contributed by atoms with van der Waals surface area (Å²) in [7, 11) is -3.55. The van der Waals surface area contributed by atoms with Gasteiger partial charge in [-0.05, 0) is 41.5 Å². The number of aryl methyl sites for hydroxylation is 1. The van der Waals surface area contributed by atoms with Gasteiger partial charge in [0.1, 0.15) is 0 Å². The molecule has 0 saturated carbocycles. The zero-order valence-corrected chi connectivity index (χ0v) is 13.5. The Kier molecular flexibility index (Phi) is 5.52. The van der Waals surface area contributed by atoms with Crippen molar-refractivity contribution in [2.24, 2.45) is 0 Å². The molecule has 1 heterocycles. The van der Waals surface area contributed by atoms with Crippen LogP contribution in [0.15, 0.2) is 40.6 Å². The van der Waals surface area contributed by atoms with E-state index in [0.717, 1.165) is 10.4 Å². The van der Waals surface area contributed by atoms with Crippen LogP contribution in [0.5, 0.6) is 0 Å². The first-order chi connectivity index (χ1) is 10.1. The van der Waals surface area contributed by atoms with Crippen LogP contribution in [0.3, 0.4) is 0 Å². The van der Waals surface area contributed by atoms with E-state index >= 15 is 0 Å². The zero-order chi connectivity index (χ0) is 15.3. The largest absolute Gasteiger partial charge is 0.392 e.